The molecule has 2 aromatic heterocycles. The Morgan fingerprint density at radius 2 is 1.91 bits per heavy atom. The highest BCUT2D eigenvalue weighted by Gasteiger charge is 2.32. The molecule has 0 aliphatic heterocycles. The smallest absolute Gasteiger partial charge is 0.489 e. The quantitative estimate of drug-likeness (QED) is 0.518. The summed E-state index contributed by atoms with van der Waals surface area (Å²) in [6.45, 7) is 0.413. The number of carboxylic acid groups (broad SMARTS) is 1. The molecule has 3 aromatic rings. The second kappa shape index (κ2) is 9.98. The fourth-order valence-electron chi connectivity index (χ4n) is 3.93. The average molecular weight is 477 g/mol. The number of rotatable bonds is 7. The molecule has 1 fully saturated rings. The van der Waals surface area contributed by atoms with Gasteiger partial charge in [0, 0.05) is 17.8 Å². The summed E-state index contributed by atoms with van der Waals surface area (Å²) >= 11 is 0. The second-order valence-corrected chi connectivity index (χ2v) is 7.90. The van der Waals surface area contributed by atoms with Crippen LogP contribution in [0.2, 0.25) is 0 Å². The molecule has 1 amide bonds. The first kappa shape index (κ1) is 23.3. The fraction of sp³-hybridized carbons (Fsp3) is 0.364. The lowest BCUT2D eigenvalue weighted by molar-refractivity contribution is -0.274. The van der Waals surface area contributed by atoms with E-state index in [1.54, 1.807) is 6.07 Å². The van der Waals surface area contributed by atoms with Gasteiger partial charge in [-0.15, -0.1) is 13.2 Å². The highest BCUT2D eigenvalue weighted by atomic mass is 19.4. The summed E-state index contributed by atoms with van der Waals surface area (Å²) in [5, 5.41) is 15.5. The number of nitrogens with zero attached hydrogens (tertiary/aromatic N) is 4. The fourth-order valence-corrected chi connectivity index (χ4v) is 3.93. The number of ether oxygens (including phenoxy) is 2. The van der Waals surface area contributed by atoms with Gasteiger partial charge in [-0.2, -0.15) is 5.10 Å². The number of para-hydroxylation sites is 2. The van der Waals surface area contributed by atoms with Crippen LogP contribution in [0, 0.1) is 5.92 Å². The van der Waals surface area contributed by atoms with Crippen LogP contribution in [-0.2, 0) is 0 Å². The average Bonchev–Trinajstić information content (AvgIpc) is 3.28. The van der Waals surface area contributed by atoms with Crippen LogP contribution in [0.25, 0.3) is 16.9 Å². The molecule has 4 rings (SSSR count). The Hall–Kier alpha value is -3.83. The van der Waals surface area contributed by atoms with Crippen LogP contribution in [-0.4, -0.2) is 50.0 Å². The van der Waals surface area contributed by atoms with Gasteiger partial charge in [-0.3, -0.25) is 0 Å². The second-order valence-electron chi connectivity index (χ2n) is 7.90. The number of hydrogen-bond acceptors (Lipinski definition) is 6. The molecular formula is C22H22F3N5O4. The Balaban J connectivity index is 1.46. The van der Waals surface area contributed by atoms with Gasteiger partial charge in [-0.25, -0.2) is 19.4 Å². The Morgan fingerprint density at radius 3 is 2.65 bits per heavy atom. The molecule has 0 spiro atoms. The molecule has 2 N–H and O–H groups in total. The molecule has 12 heteroatoms. The van der Waals surface area contributed by atoms with Crippen LogP contribution < -0.4 is 14.8 Å². The summed E-state index contributed by atoms with van der Waals surface area (Å²) in [5.41, 5.74) is 1.11. The van der Waals surface area contributed by atoms with E-state index in [2.05, 4.69) is 25.1 Å². The predicted molar refractivity (Wildman–Crippen MR) is 114 cm³/mol. The predicted octanol–water partition coefficient (Wildman–Crippen LogP) is 4.43. The van der Waals surface area contributed by atoms with E-state index in [0.717, 1.165) is 25.7 Å². The monoisotopic (exact) mass is 477 g/mol. The number of nitrogens with one attached hydrogen (secondary N) is 1. The van der Waals surface area contributed by atoms with Crippen molar-refractivity contribution in [2.75, 3.05) is 6.61 Å². The van der Waals surface area contributed by atoms with Crippen molar-refractivity contribution in [3.05, 3.63) is 49.2 Å². The summed E-state index contributed by atoms with van der Waals surface area (Å²) in [6.07, 6.45) is 3.17. The van der Waals surface area contributed by atoms with Gasteiger partial charge in [0.2, 0.25) is 0 Å². The van der Waals surface area contributed by atoms with Crippen LogP contribution >= 0.6 is 0 Å². The summed E-state index contributed by atoms with van der Waals surface area (Å²) < 4.78 is 49.7. The largest absolute Gasteiger partial charge is 0.573 e. The molecular weight excluding hydrogens is 455 g/mol. The Labute approximate surface area is 192 Å². The zero-order chi connectivity index (χ0) is 24.1. The summed E-state index contributed by atoms with van der Waals surface area (Å²) in [6, 6.07) is 5.66. The molecule has 1 aliphatic rings. The summed E-state index contributed by atoms with van der Waals surface area (Å²) in [4.78, 5) is 19.1. The number of halogens is 3. The van der Waals surface area contributed by atoms with E-state index in [0.29, 0.717) is 23.6 Å². The Morgan fingerprint density at radius 1 is 1.15 bits per heavy atom. The molecule has 0 bridgehead atoms. The molecule has 1 saturated carbocycles. The highest BCUT2D eigenvalue weighted by Crippen LogP contribution is 2.32. The minimum atomic E-state index is -4.83. The normalized spacial score (nSPS) is 18.3. The third-order valence-corrected chi connectivity index (χ3v) is 5.52. The van der Waals surface area contributed by atoms with E-state index in [-0.39, 0.29) is 23.4 Å². The van der Waals surface area contributed by atoms with E-state index >= 15 is 0 Å². The maximum atomic E-state index is 12.8. The third kappa shape index (κ3) is 5.94. The van der Waals surface area contributed by atoms with E-state index in [9.17, 15) is 18.0 Å². The van der Waals surface area contributed by atoms with Gasteiger partial charge in [-0.1, -0.05) is 12.1 Å². The van der Waals surface area contributed by atoms with E-state index < -0.39 is 12.5 Å². The molecule has 2 heterocycles. The van der Waals surface area contributed by atoms with Crippen molar-refractivity contribution in [2.45, 2.75) is 38.1 Å². The molecule has 0 saturated heterocycles. The van der Waals surface area contributed by atoms with E-state index in [4.69, 9.17) is 9.84 Å². The number of amides is 1. The lowest BCUT2D eigenvalue weighted by atomic mass is 9.86. The van der Waals surface area contributed by atoms with Gasteiger partial charge in [-0.05, 0) is 43.7 Å². The van der Waals surface area contributed by atoms with Crippen molar-refractivity contribution in [3.63, 3.8) is 0 Å². The number of alkyl halides is 3. The van der Waals surface area contributed by atoms with Crippen LogP contribution in [0.1, 0.15) is 25.7 Å². The minimum Gasteiger partial charge on any atom is -0.489 e. The van der Waals surface area contributed by atoms with Gasteiger partial charge in [0.15, 0.2) is 11.5 Å². The zero-order valence-electron chi connectivity index (χ0n) is 17.9. The first-order valence-electron chi connectivity index (χ1n) is 10.6. The Bertz CT molecular complexity index is 1130. The van der Waals surface area contributed by atoms with Gasteiger partial charge in [0.25, 0.3) is 0 Å². The molecule has 0 unspecified atom stereocenters. The summed E-state index contributed by atoms with van der Waals surface area (Å²) in [7, 11) is 0. The van der Waals surface area contributed by atoms with Gasteiger partial charge in [0.05, 0.1) is 19.0 Å². The lowest BCUT2D eigenvalue weighted by Gasteiger charge is -2.28. The highest BCUT2D eigenvalue weighted by molar-refractivity contribution is 5.65. The number of hydrogen-bond donors (Lipinski definition) is 2. The van der Waals surface area contributed by atoms with Crippen molar-refractivity contribution in [1.29, 1.82) is 0 Å². The zero-order valence-corrected chi connectivity index (χ0v) is 17.9. The van der Waals surface area contributed by atoms with Gasteiger partial charge < -0.3 is 19.9 Å². The van der Waals surface area contributed by atoms with Crippen LogP contribution in [0.5, 0.6) is 11.5 Å². The molecule has 0 radical (unpaired) electrons. The molecule has 9 nitrogen and oxygen atoms in total. The van der Waals surface area contributed by atoms with Crippen LogP contribution in [0.3, 0.4) is 0 Å². The molecule has 34 heavy (non-hydrogen) atoms. The van der Waals surface area contributed by atoms with Crippen molar-refractivity contribution >= 4 is 6.09 Å². The molecule has 180 valence electrons. The SMILES string of the molecule is O=C(O)N[C@H]1CC[C@@H](COc2cncnc2-c2cnn(-c3ccccc3OC(F)(F)F)c2)CC1. The first-order valence-corrected chi connectivity index (χ1v) is 10.6. The van der Waals surface area contributed by atoms with Crippen LogP contribution in [0.4, 0.5) is 18.0 Å². The number of carbonyl (C=O) groups is 1. The maximum Gasteiger partial charge on any atom is 0.573 e. The topological polar surface area (TPSA) is 111 Å². The van der Waals surface area contributed by atoms with Crippen LogP contribution in [0.15, 0.2) is 49.2 Å². The minimum absolute atomic E-state index is 0.0422. The summed E-state index contributed by atoms with van der Waals surface area (Å²) in [5.74, 6) is 0.304. The maximum absolute atomic E-state index is 12.8. The number of aromatic nitrogens is 4. The van der Waals surface area contributed by atoms with Crippen molar-refractivity contribution in [1.82, 2.24) is 25.1 Å². The van der Waals surface area contributed by atoms with E-state index in [1.165, 1.54) is 47.8 Å². The molecule has 1 aromatic carbocycles. The van der Waals surface area contributed by atoms with Gasteiger partial charge >= 0.3 is 12.5 Å². The molecule has 1 aliphatic carbocycles. The Kier molecular flexibility index (Phi) is 6.85. The molecule has 0 atom stereocenters. The van der Waals surface area contributed by atoms with Crippen molar-refractivity contribution in [3.8, 4) is 28.4 Å². The van der Waals surface area contributed by atoms with E-state index in [1.807, 2.05) is 0 Å². The third-order valence-electron chi connectivity index (χ3n) is 5.52. The lowest BCUT2D eigenvalue weighted by Crippen LogP contribution is -2.37. The van der Waals surface area contributed by atoms with Gasteiger partial charge in [0.1, 0.15) is 17.7 Å². The first-order chi connectivity index (χ1) is 16.3. The number of benzene rings is 1. The van der Waals surface area contributed by atoms with Crippen molar-refractivity contribution < 1.29 is 32.5 Å². The van der Waals surface area contributed by atoms with Crippen molar-refractivity contribution in [2.24, 2.45) is 5.92 Å². The standard InChI is InChI=1S/C22H22F3N5O4/c23-22(24,25)34-18-4-2-1-3-17(18)30-11-15(9-28-30)20-19(10-26-13-27-20)33-12-14-5-7-16(8-6-14)29-21(31)32/h1-4,9-11,13-14,16,29H,5-8,12H2,(H,31,32)/t14-,16+.